The normalized spacial score (nSPS) is 19.8. The lowest BCUT2D eigenvalue weighted by molar-refractivity contribution is 0.122. The predicted molar refractivity (Wildman–Crippen MR) is 65.4 cm³/mol. The van der Waals surface area contributed by atoms with Gasteiger partial charge in [-0.05, 0) is 45.0 Å². The number of tetrazole rings is 1. The molecule has 1 aliphatic heterocycles. The number of likely N-dealkylation sites (tertiary alicyclic amines) is 1. The Kier molecular flexibility index (Phi) is 3.44. The van der Waals surface area contributed by atoms with E-state index in [4.69, 9.17) is 5.73 Å². The fourth-order valence-electron chi connectivity index (χ4n) is 2.38. The predicted octanol–water partition coefficient (Wildman–Crippen LogP) is -0.0457. The van der Waals surface area contributed by atoms with Crippen molar-refractivity contribution in [3.8, 4) is 0 Å². The first-order valence-electron chi connectivity index (χ1n) is 6.23. The van der Waals surface area contributed by atoms with Gasteiger partial charge in [0.1, 0.15) is 0 Å². The van der Waals surface area contributed by atoms with E-state index in [0.717, 1.165) is 18.9 Å². The molecule has 0 aromatic carbocycles. The Morgan fingerprint density at radius 2 is 2.00 bits per heavy atom. The zero-order valence-corrected chi connectivity index (χ0v) is 10.9. The number of aryl methyl sites for hydroxylation is 1. The average Bonchev–Trinajstić information content (AvgIpc) is 2.89. The highest BCUT2D eigenvalue weighted by molar-refractivity contribution is 4.98. The molecule has 0 aliphatic carbocycles. The van der Waals surface area contributed by atoms with Gasteiger partial charge < -0.3 is 5.73 Å². The second-order valence-corrected chi connectivity index (χ2v) is 5.35. The second kappa shape index (κ2) is 4.70. The van der Waals surface area contributed by atoms with Gasteiger partial charge in [-0.15, -0.1) is 10.2 Å². The van der Waals surface area contributed by atoms with Crippen molar-refractivity contribution in [1.82, 2.24) is 25.1 Å². The van der Waals surface area contributed by atoms with Crippen molar-refractivity contribution in [2.24, 2.45) is 12.8 Å². The Labute approximate surface area is 102 Å². The molecule has 1 aromatic heterocycles. The van der Waals surface area contributed by atoms with E-state index in [0.29, 0.717) is 6.42 Å². The van der Waals surface area contributed by atoms with Crippen LogP contribution in [0, 0.1) is 0 Å². The van der Waals surface area contributed by atoms with Gasteiger partial charge in [0, 0.05) is 18.0 Å². The third-order valence-electron chi connectivity index (χ3n) is 3.78. The SMILES string of the molecule is Cn1nnc(CC(N)C(C)(C)N2CCCC2)n1. The maximum atomic E-state index is 6.31. The Morgan fingerprint density at radius 1 is 1.35 bits per heavy atom. The van der Waals surface area contributed by atoms with E-state index >= 15 is 0 Å². The van der Waals surface area contributed by atoms with Crippen LogP contribution in [0.4, 0.5) is 0 Å². The highest BCUT2D eigenvalue weighted by Gasteiger charge is 2.35. The number of aromatic nitrogens is 4. The molecule has 0 saturated carbocycles. The maximum absolute atomic E-state index is 6.31. The van der Waals surface area contributed by atoms with Gasteiger partial charge in [-0.3, -0.25) is 4.90 Å². The fourth-order valence-corrected chi connectivity index (χ4v) is 2.38. The molecular formula is C11H22N6. The summed E-state index contributed by atoms with van der Waals surface area (Å²) in [6, 6.07) is 0.0322. The van der Waals surface area contributed by atoms with E-state index in [1.165, 1.54) is 17.6 Å². The molecule has 1 aromatic rings. The molecule has 1 fully saturated rings. The summed E-state index contributed by atoms with van der Waals surface area (Å²) in [5.74, 6) is 0.729. The number of nitrogens with two attached hydrogens (primary N) is 1. The van der Waals surface area contributed by atoms with Crippen molar-refractivity contribution >= 4 is 0 Å². The molecule has 0 radical (unpaired) electrons. The molecule has 0 amide bonds. The van der Waals surface area contributed by atoms with Gasteiger partial charge in [-0.1, -0.05) is 0 Å². The van der Waals surface area contributed by atoms with Crippen LogP contribution in [0.5, 0.6) is 0 Å². The summed E-state index contributed by atoms with van der Waals surface area (Å²) in [5, 5.41) is 12.0. The van der Waals surface area contributed by atoms with Crippen molar-refractivity contribution in [3.05, 3.63) is 5.82 Å². The minimum atomic E-state index is -0.00426. The van der Waals surface area contributed by atoms with Gasteiger partial charge in [0.25, 0.3) is 0 Å². The van der Waals surface area contributed by atoms with Gasteiger partial charge in [0.05, 0.1) is 7.05 Å². The number of rotatable bonds is 4. The third kappa shape index (κ3) is 2.63. The summed E-state index contributed by atoms with van der Waals surface area (Å²) in [4.78, 5) is 3.94. The van der Waals surface area contributed by atoms with Gasteiger partial charge in [0.2, 0.25) is 0 Å². The summed E-state index contributed by atoms with van der Waals surface area (Å²) < 4.78 is 0. The Bertz CT molecular complexity index is 366. The molecule has 17 heavy (non-hydrogen) atoms. The van der Waals surface area contributed by atoms with Crippen molar-refractivity contribution in [2.75, 3.05) is 13.1 Å². The second-order valence-electron chi connectivity index (χ2n) is 5.35. The minimum absolute atomic E-state index is 0.00426. The molecule has 1 aliphatic rings. The fraction of sp³-hybridized carbons (Fsp3) is 0.909. The van der Waals surface area contributed by atoms with Crippen LogP contribution in [0.15, 0.2) is 0 Å². The quantitative estimate of drug-likeness (QED) is 0.796. The van der Waals surface area contributed by atoms with Crippen LogP contribution in [0.25, 0.3) is 0 Å². The van der Waals surface area contributed by atoms with Gasteiger partial charge in [-0.25, -0.2) is 0 Å². The lowest BCUT2D eigenvalue weighted by Crippen LogP contribution is -2.56. The number of hydrogen-bond acceptors (Lipinski definition) is 5. The summed E-state index contributed by atoms with van der Waals surface area (Å²) in [6.45, 7) is 6.71. The zero-order valence-electron chi connectivity index (χ0n) is 10.9. The van der Waals surface area contributed by atoms with Crippen LogP contribution in [-0.2, 0) is 13.5 Å². The van der Waals surface area contributed by atoms with Crippen molar-refractivity contribution in [3.63, 3.8) is 0 Å². The van der Waals surface area contributed by atoms with Crippen molar-refractivity contribution in [2.45, 2.75) is 44.7 Å². The summed E-state index contributed by atoms with van der Waals surface area (Å²) >= 11 is 0. The van der Waals surface area contributed by atoms with Crippen LogP contribution in [-0.4, -0.2) is 49.8 Å². The summed E-state index contributed by atoms with van der Waals surface area (Å²) in [5.41, 5.74) is 6.31. The molecular weight excluding hydrogens is 216 g/mol. The third-order valence-corrected chi connectivity index (χ3v) is 3.78. The molecule has 2 rings (SSSR count). The van der Waals surface area contributed by atoms with Crippen LogP contribution < -0.4 is 5.73 Å². The average molecular weight is 238 g/mol. The van der Waals surface area contributed by atoms with Crippen molar-refractivity contribution in [1.29, 1.82) is 0 Å². The highest BCUT2D eigenvalue weighted by atomic mass is 15.6. The van der Waals surface area contributed by atoms with E-state index < -0.39 is 0 Å². The highest BCUT2D eigenvalue weighted by Crippen LogP contribution is 2.24. The Hall–Kier alpha value is -1.01. The number of hydrogen-bond donors (Lipinski definition) is 1. The Balaban J connectivity index is 2.00. The van der Waals surface area contributed by atoms with E-state index in [1.807, 2.05) is 0 Å². The molecule has 1 saturated heterocycles. The van der Waals surface area contributed by atoms with E-state index in [9.17, 15) is 0 Å². The van der Waals surface area contributed by atoms with E-state index in [-0.39, 0.29) is 11.6 Å². The zero-order chi connectivity index (χ0) is 12.5. The summed E-state index contributed by atoms with van der Waals surface area (Å²) in [7, 11) is 1.77. The topological polar surface area (TPSA) is 72.9 Å². The first-order valence-corrected chi connectivity index (χ1v) is 6.23. The molecule has 0 spiro atoms. The molecule has 6 nitrogen and oxygen atoms in total. The molecule has 1 atom stereocenters. The van der Waals surface area contributed by atoms with Gasteiger partial charge in [0.15, 0.2) is 5.82 Å². The van der Waals surface area contributed by atoms with Crippen LogP contribution >= 0.6 is 0 Å². The van der Waals surface area contributed by atoms with E-state index in [1.54, 1.807) is 7.05 Å². The van der Waals surface area contributed by atoms with Crippen LogP contribution in [0.2, 0.25) is 0 Å². The van der Waals surface area contributed by atoms with Gasteiger partial charge >= 0.3 is 0 Å². The molecule has 96 valence electrons. The first kappa shape index (κ1) is 12.4. The molecule has 1 unspecified atom stereocenters. The van der Waals surface area contributed by atoms with Gasteiger partial charge in [-0.2, -0.15) is 4.80 Å². The smallest absolute Gasteiger partial charge is 0.176 e. The lowest BCUT2D eigenvalue weighted by Gasteiger charge is -2.40. The lowest BCUT2D eigenvalue weighted by atomic mass is 9.91. The van der Waals surface area contributed by atoms with E-state index in [2.05, 4.69) is 34.2 Å². The largest absolute Gasteiger partial charge is 0.326 e. The molecule has 6 heteroatoms. The molecule has 0 bridgehead atoms. The maximum Gasteiger partial charge on any atom is 0.176 e. The summed E-state index contributed by atoms with van der Waals surface area (Å²) in [6.07, 6.45) is 3.23. The van der Waals surface area contributed by atoms with Crippen LogP contribution in [0.1, 0.15) is 32.5 Å². The standard InChI is InChI=1S/C11H22N6/c1-11(2,17-6-4-5-7-17)9(12)8-10-13-15-16(3)14-10/h9H,4-8,12H2,1-3H3. The molecule has 2 heterocycles. The van der Waals surface area contributed by atoms with Crippen LogP contribution in [0.3, 0.4) is 0 Å². The Morgan fingerprint density at radius 3 is 2.53 bits per heavy atom. The van der Waals surface area contributed by atoms with Crippen molar-refractivity contribution < 1.29 is 0 Å². The molecule has 2 N–H and O–H groups in total. The number of nitrogens with zero attached hydrogens (tertiary/aromatic N) is 5. The first-order chi connectivity index (χ1) is 8.00. The minimum Gasteiger partial charge on any atom is -0.326 e. The monoisotopic (exact) mass is 238 g/mol.